The number of aromatic nitrogens is 2. The molecule has 1 atom stereocenters. The maximum Gasteiger partial charge on any atom is 0.233 e. The molecular weight excluding hydrogens is 327 g/mol. The van der Waals surface area contributed by atoms with Crippen molar-refractivity contribution in [3.63, 3.8) is 0 Å². The second-order valence-corrected chi connectivity index (χ2v) is 6.46. The van der Waals surface area contributed by atoms with Crippen LogP contribution in [-0.4, -0.2) is 28.4 Å². The van der Waals surface area contributed by atoms with E-state index in [0.717, 1.165) is 16.2 Å². The van der Waals surface area contributed by atoms with E-state index in [9.17, 15) is 9.18 Å². The lowest BCUT2D eigenvalue weighted by Crippen LogP contribution is -2.36. The van der Waals surface area contributed by atoms with Crippen LogP contribution in [0.4, 0.5) is 4.39 Å². The van der Waals surface area contributed by atoms with Crippen molar-refractivity contribution in [2.45, 2.75) is 19.4 Å². The Balaban J connectivity index is 1.40. The van der Waals surface area contributed by atoms with E-state index < -0.39 is 0 Å². The maximum atomic E-state index is 12.8. The average Bonchev–Trinajstić information content (AvgIpc) is 3.16. The second-order valence-electron chi connectivity index (χ2n) is 5.59. The lowest BCUT2D eigenvalue weighted by Gasteiger charge is -2.11. The molecule has 2 N–H and O–H groups in total. The number of carbonyl (C=O) groups excluding carboxylic acids is 1. The molecule has 0 aliphatic carbocycles. The average molecular weight is 346 g/mol. The molecule has 0 saturated carbocycles. The molecule has 126 valence electrons. The number of amides is 1. The Bertz CT molecular complexity index is 783. The van der Waals surface area contributed by atoms with Crippen molar-refractivity contribution in [2.75, 3.05) is 13.1 Å². The Morgan fingerprint density at radius 1 is 1.38 bits per heavy atom. The summed E-state index contributed by atoms with van der Waals surface area (Å²) in [6.45, 7) is 2.74. The molecule has 0 unspecified atom stereocenters. The number of nitrogens with zero attached hydrogens (tertiary/aromatic N) is 2. The Morgan fingerprint density at radius 2 is 2.17 bits per heavy atom. The summed E-state index contributed by atoms with van der Waals surface area (Å²) in [5.41, 5.74) is 1.91. The molecule has 7 heteroatoms. The molecule has 0 saturated heterocycles. The largest absolute Gasteiger partial charge is 0.355 e. The van der Waals surface area contributed by atoms with Crippen LogP contribution in [0.1, 0.15) is 24.2 Å². The summed E-state index contributed by atoms with van der Waals surface area (Å²) in [6.07, 6.45) is 4.61. The van der Waals surface area contributed by atoms with Gasteiger partial charge >= 0.3 is 0 Å². The Labute approximate surface area is 143 Å². The number of hydrogen-bond donors (Lipinski definition) is 2. The number of benzene rings is 1. The fraction of sp³-hybridized carbons (Fsp3) is 0.294. The summed E-state index contributed by atoms with van der Waals surface area (Å²) in [5, 5.41) is 8.01. The predicted octanol–water partition coefficient (Wildman–Crippen LogP) is 2.54. The number of thiazole rings is 1. The van der Waals surface area contributed by atoms with Gasteiger partial charge in [-0.15, -0.1) is 11.3 Å². The highest BCUT2D eigenvalue weighted by Crippen LogP contribution is 2.16. The zero-order valence-electron chi connectivity index (χ0n) is 13.3. The molecule has 1 amide bonds. The predicted molar refractivity (Wildman–Crippen MR) is 92.6 cm³/mol. The smallest absolute Gasteiger partial charge is 0.233 e. The lowest BCUT2D eigenvalue weighted by atomic mass is 10.1. The van der Waals surface area contributed by atoms with Crippen molar-refractivity contribution in [1.29, 1.82) is 0 Å². The highest BCUT2D eigenvalue weighted by molar-refractivity contribution is 7.15. The molecule has 2 heterocycles. The molecule has 0 aliphatic heterocycles. The zero-order chi connectivity index (χ0) is 16.9. The van der Waals surface area contributed by atoms with Gasteiger partial charge in [0.25, 0.3) is 0 Å². The van der Waals surface area contributed by atoms with E-state index in [1.807, 2.05) is 29.1 Å². The number of hydrogen-bond acceptors (Lipinski definition) is 4. The van der Waals surface area contributed by atoms with Crippen LogP contribution in [-0.2, 0) is 11.2 Å². The number of carbonyl (C=O) groups is 1. The van der Waals surface area contributed by atoms with E-state index in [0.29, 0.717) is 13.0 Å². The third-order valence-electron chi connectivity index (χ3n) is 3.77. The van der Waals surface area contributed by atoms with Crippen LogP contribution < -0.4 is 10.6 Å². The van der Waals surface area contributed by atoms with Gasteiger partial charge < -0.3 is 10.6 Å². The first-order chi connectivity index (χ1) is 11.6. The van der Waals surface area contributed by atoms with Gasteiger partial charge in [-0.1, -0.05) is 12.1 Å². The van der Waals surface area contributed by atoms with Gasteiger partial charge in [0, 0.05) is 30.4 Å². The summed E-state index contributed by atoms with van der Waals surface area (Å²) in [4.78, 5) is 17.4. The summed E-state index contributed by atoms with van der Waals surface area (Å²) in [5.74, 6) is -0.315. The molecule has 0 radical (unpaired) electrons. The highest BCUT2D eigenvalue weighted by Gasteiger charge is 2.11. The third-order valence-corrected chi connectivity index (χ3v) is 4.54. The molecule has 1 aromatic carbocycles. The van der Waals surface area contributed by atoms with Crippen LogP contribution in [0.2, 0.25) is 0 Å². The van der Waals surface area contributed by atoms with Crippen molar-refractivity contribution in [1.82, 2.24) is 20.0 Å². The van der Waals surface area contributed by atoms with E-state index in [1.165, 1.54) is 12.1 Å². The second kappa shape index (κ2) is 7.55. The van der Waals surface area contributed by atoms with Gasteiger partial charge in [0.2, 0.25) is 5.91 Å². The lowest BCUT2D eigenvalue weighted by molar-refractivity contribution is -0.120. The standard InChI is InChI=1S/C17H19FN4OS/c1-12(15-11-22-8-9-24-17(22)21-15)20-10-16(23)19-7-6-13-2-4-14(18)5-3-13/h2-5,8-9,11-12,20H,6-7,10H2,1H3,(H,19,23)/t12-/m0/s1. The number of halogens is 1. The van der Waals surface area contributed by atoms with Gasteiger partial charge in [0.15, 0.2) is 4.96 Å². The monoisotopic (exact) mass is 346 g/mol. The molecule has 3 rings (SSSR count). The first-order valence-corrected chi connectivity index (χ1v) is 8.66. The topological polar surface area (TPSA) is 58.4 Å². The molecule has 3 aromatic rings. The van der Waals surface area contributed by atoms with E-state index in [-0.39, 0.29) is 24.3 Å². The van der Waals surface area contributed by atoms with E-state index >= 15 is 0 Å². The first-order valence-electron chi connectivity index (χ1n) is 7.78. The van der Waals surface area contributed by atoms with Crippen molar-refractivity contribution in [3.8, 4) is 0 Å². The number of fused-ring (bicyclic) bond motifs is 1. The fourth-order valence-electron chi connectivity index (χ4n) is 2.36. The quantitative estimate of drug-likeness (QED) is 0.691. The summed E-state index contributed by atoms with van der Waals surface area (Å²) >= 11 is 1.58. The van der Waals surface area contributed by atoms with E-state index in [1.54, 1.807) is 23.5 Å². The minimum absolute atomic E-state index is 0.0000476. The summed E-state index contributed by atoms with van der Waals surface area (Å²) in [6, 6.07) is 6.31. The minimum atomic E-state index is -0.250. The van der Waals surface area contributed by atoms with Gasteiger partial charge in [0.1, 0.15) is 5.82 Å². The van der Waals surface area contributed by atoms with Crippen LogP contribution >= 0.6 is 11.3 Å². The van der Waals surface area contributed by atoms with Crippen molar-refractivity contribution in [2.24, 2.45) is 0 Å². The van der Waals surface area contributed by atoms with Crippen molar-refractivity contribution in [3.05, 3.63) is 59.1 Å². The van der Waals surface area contributed by atoms with Gasteiger partial charge in [-0.3, -0.25) is 9.20 Å². The number of imidazole rings is 1. The molecule has 5 nitrogen and oxygen atoms in total. The summed E-state index contributed by atoms with van der Waals surface area (Å²) in [7, 11) is 0. The van der Waals surface area contributed by atoms with Crippen molar-refractivity contribution < 1.29 is 9.18 Å². The summed E-state index contributed by atoms with van der Waals surface area (Å²) < 4.78 is 14.8. The SMILES string of the molecule is C[C@H](NCC(=O)NCCc1ccc(F)cc1)c1cn2ccsc2n1. The molecule has 0 spiro atoms. The Morgan fingerprint density at radius 3 is 2.92 bits per heavy atom. The van der Waals surface area contributed by atoms with Crippen LogP contribution in [0.25, 0.3) is 4.96 Å². The van der Waals surface area contributed by atoms with E-state index in [2.05, 4.69) is 15.6 Å². The molecule has 0 fully saturated rings. The van der Waals surface area contributed by atoms with Crippen LogP contribution in [0.5, 0.6) is 0 Å². The third kappa shape index (κ3) is 4.18. The van der Waals surface area contributed by atoms with Gasteiger partial charge in [0.05, 0.1) is 12.2 Å². The molecule has 24 heavy (non-hydrogen) atoms. The number of rotatable bonds is 7. The van der Waals surface area contributed by atoms with E-state index in [4.69, 9.17) is 0 Å². The van der Waals surface area contributed by atoms with Gasteiger partial charge in [-0.25, -0.2) is 9.37 Å². The zero-order valence-corrected chi connectivity index (χ0v) is 14.1. The fourth-order valence-corrected chi connectivity index (χ4v) is 3.07. The van der Waals surface area contributed by atoms with Crippen LogP contribution in [0, 0.1) is 5.82 Å². The van der Waals surface area contributed by atoms with Gasteiger partial charge in [-0.05, 0) is 31.0 Å². The molecule has 0 aliphatic rings. The van der Waals surface area contributed by atoms with Crippen LogP contribution in [0.15, 0.2) is 42.0 Å². The molecule has 0 bridgehead atoms. The Hall–Kier alpha value is -2.25. The van der Waals surface area contributed by atoms with Crippen molar-refractivity contribution >= 4 is 22.2 Å². The number of nitrogens with one attached hydrogen (secondary N) is 2. The normalized spacial score (nSPS) is 12.4. The molecule has 2 aromatic heterocycles. The minimum Gasteiger partial charge on any atom is -0.355 e. The van der Waals surface area contributed by atoms with Crippen LogP contribution in [0.3, 0.4) is 0 Å². The molecular formula is C17H19FN4OS. The van der Waals surface area contributed by atoms with Gasteiger partial charge in [-0.2, -0.15) is 0 Å². The Kier molecular flexibility index (Phi) is 5.22. The highest BCUT2D eigenvalue weighted by atomic mass is 32.1. The first kappa shape index (κ1) is 16.6. The maximum absolute atomic E-state index is 12.8.